The lowest BCUT2D eigenvalue weighted by Gasteiger charge is -2.08. The zero-order valence-electron chi connectivity index (χ0n) is 8.67. The number of ether oxygens (including phenoxy) is 1. The Morgan fingerprint density at radius 2 is 1.94 bits per heavy atom. The number of aryl methyl sites for hydroxylation is 1. The summed E-state index contributed by atoms with van der Waals surface area (Å²) in [4.78, 5) is 11.5. The average molecular weight is 232 g/mol. The molecule has 0 bridgehead atoms. The smallest absolute Gasteiger partial charge is 0.364 e. The minimum atomic E-state index is -4.40. The van der Waals surface area contributed by atoms with Crippen LogP contribution in [0.1, 0.15) is 15.9 Å². The second-order valence-electron chi connectivity index (χ2n) is 3.35. The van der Waals surface area contributed by atoms with Crippen LogP contribution in [0, 0.1) is 6.92 Å². The molecule has 88 valence electrons. The number of carbonyl (C=O) groups excluding carboxylic acids is 1. The fourth-order valence-electron chi connectivity index (χ4n) is 1.22. The summed E-state index contributed by atoms with van der Waals surface area (Å²) in [5.74, 6) is -0.442. The van der Waals surface area contributed by atoms with Crippen molar-refractivity contribution in [2.75, 3.05) is 13.2 Å². The quantitative estimate of drug-likeness (QED) is 0.746. The average Bonchev–Trinajstić information content (AvgIpc) is 2.16. The van der Waals surface area contributed by atoms with Crippen molar-refractivity contribution < 1.29 is 22.7 Å². The molecule has 0 heterocycles. The van der Waals surface area contributed by atoms with Crippen molar-refractivity contribution in [3.8, 4) is 0 Å². The zero-order chi connectivity index (χ0) is 12.2. The maximum Gasteiger partial charge on any atom is 0.411 e. The van der Waals surface area contributed by atoms with Crippen LogP contribution >= 0.6 is 0 Å². The Balaban J connectivity index is 2.51. The van der Waals surface area contributed by atoms with Crippen LogP contribution in [-0.2, 0) is 4.74 Å². The summed E-state index contributed by atoms with van der Waals surface area (Å²) in [6.07, 6.45) is -4.40. The highest BCUT2D eigenvalue weighted by atomic mass is 19.4. The molecule has 0 aromatic heterocycles. The van der Waals surface area contributed by atoms with Gasteiger partial charge >= 0.3 is 6.18 Å². The van der Waals surface area contributed by atoms with Gasteiger partial charge in [0, 0.05) is 5.56 Å². The molecule has 0 saturated heterocycles. The summed E-state index contributed by atoms with van der Waals surface area (Å²) in [7, 11) is 0. The van der Waals surface area contributed by atoms with Crippen molar-refractivity contribution in [3.05, 3.63) is 35.4 Å². The first-order valence-corrected chi connectivity index (χ1v) is 4.63. The van der Waals surface area contributed by atoms with Crippen LogP contribution in [0.15, 0.2) is 24.3 Å². The molecule has 16 heavy (non-hydrogen) atoms. The highest BCUT2D eigenvalue weighted by molar-refractivity contribution is 5.98. The molecule has 1 aromatic rings. The summed E-state index contributed by atoms with van der Waals surface area (Å²) in [6, 6.07) is 6.69. The fraction of sp³-hybridized carbons (Fsp3) is 0.364. The van der Waals surface area contributed by atoms with Gasteiger partial charge in [0.05, 0.1) is 0 Å². The molecule has 1 rings (SSSR count). The van der Waals surface area contributed by atoms with E-state index in [4.69, 9.17) is 0 Å². The SMILES string of the molecule is Cc1ccccc1C(=O)COCC(F)(F)F. The van der Waals surface area contributed by atoms with E-state index in [-0.39, 0.29) is 0 Å². The monoisotopic (exact) mass is 232 g/mol. The maximum atomic E-state index is 11.8. The minimum Gasteiger partial charge on any atom is -0.364 e. The third kappa shape index (κ3) is 4.02. The molecule has 0 atom stereocenters. The third-order valence-corrected chi connectivity index (χ3v) is 1.94. The first-order valence-electron chi connectivity index (χ1n) is 4.63. The number of alkyl halides is 3. The summed E-state index contributed by atoms with van der Waals surface area (Å²) >= 11 is 0. The number of halogens is 3. The topological polar surface area (TPSA) is 26.3 Å². The van der Waals surface area contributed by atoms with E-state index in [9.17, 15) is 18.0 Å². The molecule has 0 fully saturated rings. The fourth-order valence-corrected chi connectivity index (χ4v) is 1.22. The number of ketones is 1. The molecule has 0 saturated carbocycles. The van der Waals surface area contributed by atoms with E-state index < -0.39 is 25.2 Å². The Morgan fingerprint density at radius 1 is 1.31 bits per heavy atom. The predicted octanol–water partition coefficient (Wildman–Crippen LogP) is 2.76. The van der Waals surface area contributed by atoms with Gasteiger partial charge in [-0.3, -0.25) is 4.79 Å². The van der Waals surface area contributed by atoms with Gasteiger partial charge in [-0.05, 0) is 12.5 Å². The minimum absolute atomic E-state index is 0.393. The molecule has 0 aliphatic heterocycles. The van der Waals surface area contributed by atoms with Crippen LogP contribution in [0.25, 0.3) is 0 Å². The standard InChI is InChI=1S/C11H11F3O2/c1-8-4-2-3-5-9(8)10(15)6-16-7-11(12,13)14/h2-5H,6-7H2,1H3. The zero-order valence-corrected chi connectivity index (χ0v) is 8.67. The number of rotatable bonds is 4. The molecule has 1 aromatic carbocycles. The van der Waals surface area contributed by atoms with E-state index in [1.54, 1.807) is 31.2 Å². The molecule has 0 aliphatic rings. The largest absolute Gasteiger partial charge is 0.411 e. The normalized spacial score (nSPS) is 11.5. The van der Waals surface area contributed by atoms with Crippen LogP contribution in [0.3, 0.4) is 0 Å². The second-order valence-corrected chi connectivity index (χ2v) is 3.35. The van der Waals surface area contributed by atoms with Crippen molar-refractivity contribution in [2.45, 2.75) is 13.1 Å². The van der Waals surface area contributed by atoms with Crippen LogP contribution < -0.4 is 0 Å². The molecular formula is C11H11F3O2. The molecule has 0 radical (unpaired) electrons. The van der Waals surface area contributed by atoms with Crippen LogP contribution in [-0.4, -0.2) is 25.2 Å². The first kappa shape index (κ1) is 12.7. The summed E-state index contributed by atoms with van der Waals surface area (Å²) in [5, 5.41) is 0. The van der Waals surface area contributed by atoms with Gasteiger partial charge in [-0.1, -0.05) is 24.3 Å². The lowest BCUT2D eigenvalue weighted by atomic mass is 10.1. The van der Waals surface area contributed by atoms with E-state index in [2.05, 4.69) is 4.74 Å². The van der Waals surface area contributed by atoms with Gasteiger partial charge in [0.15, 0.2) is 5.78 Å². The lowest BCUT2D eigenvalue weighted by Crippen LogP contribution is -2.20. The van der Waals surface area contributed by atoms with Gasteiger partial charge in [-0.2, -0.15) is 13.2 Å². The van der Waals surface area contributed by atoms with Crippen molar-refractivity contribution >= 4 is 5.78 Å². The number of hydrogen-bond donors (Lipinski definition) is 0. The first-order chi connectivity index (χ1) is 7.40. The molecular weight excluding hydrogens is 221 g/mol. The predicted molar refractivity (Wildman–Crippen MR) is 52.4 cm³/mol. The number of benzene rings is 1. The molecule has 0 unspecified atom stereocenters. The van der Waals surface area contributed by atoms with Gasteiger partial charge in [-0.25, -0.2) is 0 Å². The van der Waals surface area contributed by atoms with Gasteiger partial charge < -0.3 is 4.74 Å². The Kier molecular flexibility index (Phi) is 4.06. The van der Waals surface area contributed by atoms with Gasteiger partial charge in [-0.15, -0.1) is 0 Å². The van der Waals surface area contributed by atoms with Crippen LogP contribution in [0.5, 0.6) is 0 Å². The van der Waals surface area contributed by atoms with E-state index in [1.165, 1.54) is 0 Å². The molecule has 5 heteroatoms. The van der Waals surface area contributed by atoms with Crippen molar-refractivity contribution in [2.24, 2.45) is 0 Å². The number of hydrogen-bond acceptors (Lipinski definition) is 2. The summed E-state index contributed by atoms with van der Waals surface area (Å²) in [6.45, 7) is -0.230. The Bertz CT molecular complexity index is 372. The molecule has 0 N–H and O–H groups in total. The lowest BCUT2D eigenvalue weighted by molar-refractivity contribution is -0.170. The van der Waals surface area contributed by atoms with Crippen LogP contribution in [0.2, 0.25) is 0 Å². The van der Waals surface area contributed by atoms with E-state index >= 15 is 0 Å². The van der Waals surface area contributed by atoms with E-state index in [1.807, 2.05) is 0 Å². The second kappa shape index (κ2) is 5.12. The number of Topliss-reactive ketones (excluding diaryl/α,β-unsaturated/α-hetero) is 1. The third-order valence-electron chi connectivity index (χ3n) is 1.94. The van der Waals surface area contributed by atoms with Crippen molar-refractivity contribution in [1.29, 1.82) is 0 Å². The summed E-state index contributed by atoms with van der Waals surface area (Å²) in [5.41, 5.74) is 1.12. The Labute approximate surface area is 91.0 Å². The number of carbonyl (C=O) groups is 1. The van der Waals surface area contributed by atoms with Crippen LogP contribution in [0.4, 0.5) is 13.2 Å². The van der Waals surface area contributed by atoms with Crippen molar-refractivity contribution in [1.82, 2.24) is 0 Å². The Hall–Kier alpha value is -1.36. The molecule has 0 aliphatic carbocycles. The molecule has 0 spiro atoms. The van der Waals surface area contributed by atoms with Gasteiger partial charge in [0.25, 0.3) is 0 Å². The highest BCUT2D eigenvalue weighted by Gasteiger charge is 2.27. The summed E-state index contributed by atoms with van der Waals surface area (Å²) < 4.78 is 39.5. The van der Waals surface area contributed by atoms with Gasteiger partial charge in [0.2, 0.25) is 0 Å². The maximum absolute atomic E-state index is 11.8. The van der Waals surface area contributed by atoms with E-state index in [0.29, 0.717) is 5.56 Å². The van der Waals surface area contributed by atoms with Gasteiger partial charge in [0.1, 0.15) is 13.2 Å². The highest BCUT2D eigenvalue weighted by Crippen LogP contribution is 2.15. The molecule has 0 amide bonds. The van der Waals surface area contributed by atoms with E-state index in [0.717, 1.165) is 5.56 Å². The Morgan fingerprint density at radius 3 is 2.50 bits per heavy atom. The molecule has 2 nitrogen and oxygen atoms in total. The van der Waals surface area contributed by atoms with Crippen molar-refractivity contribution in [3.63, 3.8) is 0 Å².